The lowest BCUT2D eigenvalue weighted by Gasteiger charge is -2.46. The van der Waals surface area contributed by atoms with Crippen LogP contribution in [0.2, 0.25) is 0 Å². The molecule has 2 aliphatic heterocycles. The molecule has 0 spiro atoms. The second kappa shape index (κ2) is 8.87. The number of aromatic amines is 1. The van der Waals surface area contributed by atoms with Gasteiger partial charge in [0.05, 0.1) is 24.6 Å². The molecule has 0 radical (unpaired) electrons. The molecule has 29 heavy (non-hydrogen) atoms. The Bertz CT molecular complexity index is 828. The van der Waals surface area contributed by atoms with Crippen molar-refractivity contribution in [1.82, 2.24) is 30.3 Å². The molecule has 154 valence electrons. The zero-order valence-electron chi connectivity index (χ0n) is 16.7. The second-order valence-electron chi connectivity index (χ2n) is 7.51. The fourth-order valence-electron chi connectivity index (χ4n) is 3.65. The minimum atomic E-state index is -0.763. The van der Waals surface area contributed by atoms with Crippen LogP contribution in [0.25, 0.3) is 5.57 Å². The highest BCUT2D eigenvalue weighted by Crippen LogP contribution is 2.26. The number of pyridine rings is 1. The van der Waals surface area contributed by atoms with Gasteiger partial charge in [-0.1, -0.05) is 12.1 Å². The maximum atomic E-state index is 9.77. The van der Waals surface area contributed by atoms with Crippen LogP contribution in [0.1, 0.15) is 18.2 Å². The monoisotopic (exact) mass is 396 g/mol. The molecular formula is C21H28N6O2. The first-order valence-electron chi connectivity index (χ1n) is 10.0. The van der Waals surface area contributed by atoms with Crippen molar-refractivity contribution in [3.63, 3.8) is 0 Å². The molecule has 0 aliphatic carbocycles. The number of aliphatic hydroxyl groups is 1. The van der Waals surface area contributed by atoms with Crippen molar-refractivity contribution in [3.8, 4) is 0 Å². The summed E-state index contributed by atoms with van der Waals surface area (Å²) in [5, 5.41) is 20.0. The Morgan fingerprint density at radius 1 is 1.28 bits per heavy atom. The highest BCUT2D eigenvalue weighted by atomic mass is 16.5. The van der Waals surface area contributed by atoms with E-state index in [2.05, 4.69) is 36.4 Å². The number of hydrogen-bond acceptors (Lipinski definition) is 7. The van der Waals surface area contributed by atoms with Gasteiger partial charge in [-0.05, 0) is 25.1 Å². The van der Waals surface area contributed by atoms with Gasteiger partial charge in [0, 0.05) is 62.5 Å². The Labute approximate surface area is 170 Å². The molecule has 0 amide bonds. The molecule has 0 saturated carbocycles. The lowest BCUT2D eigenvalue weighted by Crippen LogP contribution is -2.64. The predicted molar refractivity (Wildman–Crippen MR) is 110 cm³/mol. The highest BCUT2D eigenvalue weighted by Gasteiger charge is 2.38. The Balaban J connectivity index is 1.42. The van der Waals surface area contributed by atoms with E-state index in [1.807, 2.05) is 42.9 Å². The summed E-state index contributed by atoms with van der Waals surface area (Å²) >= 11 is 0. The standard InChI is InChI=1S/C21H28N6O2/c1-17(28)16-29-21(6-5-18(12-23-21)19-13-24-25-14-19)27-10-8-26(9-11-27)15-20-4-2-3-7-22-20/h2-7,12-14,17,23,28H,8-11,15-16H2,1H3,(H,24,25)/t17?,21-/m0/s1. The molecule has 1 saturated heterocycles. The van der Waals surface area contributed by atoms with Crippen LogP contribution < -0.4 is 5.32 Å². The van der Waals surface area contributed by atoms with Crippen LogP contribution in [0.15, 0.2) is 55.1 Å². The predicted octanol–water partition coefficient (Wildman–Crippen LogP) is 1.17. The number of aromatic nitrogens is 3. The van der Waals surface area contributed by atoms with Crippen molar-refractivity contribution in [1.29, 1.82) is 0 Å². The van der Waals surface area contributed by atoms with E-state index in [1.54, 1.807) is 13.1 Å². The maximum absolute atomic E-state index is 9.77. The molecule has 8 nitrogen and oxygen atoms in total. The number of nitrogens with one attached hydrogen (secondary N) is 2. The Morgan fingerprint density at radius 3 is 2.76 bits per heavy atom. The Hall–Kier alpha value is -2.52. The fraction of sp³-hybridized carbons (Fsp3) is 0.429. The summed E-state index contributed by atoms with van der Waals surface area (Å²) in [7, 11) is 0. The van der Waals surface area contributed by atoms with Crippen molar-refractivity contribution in [2.75, 3.05) is 32.8 Å². The van der Waals surface area contributed by atoms with Crippen LogP contribution in [0.3, 0.4) is 0 Å². The highest BCUT2D eigenvalue weighted by molar-refractivity contribution is 5.74. The minimum Gasteiger partial charge on any atom is -0.391 e. The first-order chi connectivity index (χ1) is 14.1. The summed E-state index contributed by atoms with van der Waals surface area (Å²) < 4.78 is 6.17. The van der Waals surface area contributed by atoms with E-state index in [9.17, 15) is 5.11 Å². The summed E-state index contributed by atoms with van der Waals surface area (Å²) in [5.41, 5.74) is 3.13. The number of ether oxygens (including phenoxy) is 1. The third kappa shape index (κ3) is 4.73. The molecule has 1 fully saturated rings. The quantitative estimate of drug-likeness (QED) is 0.647. The zero-order chi connectivity index (χ0) is 20.1. The van der Waals surface area contributed by atoms with Gasteiger partial charge in [-0.2, -0.15) is 5.10 Å². The van der Waals surface area contributed by atoms with E-state index in [-0.39, 0.29) is 6.61 Å². The summed E-state index contributed by atoms with van der Waals surface area (Å²) in [4.78, 5) is 9.11. The van der Waals surface area contributed by atoms with Gasteiger partial charge in [-0.15, -0.1) is 0 Å². The van der Waals surface area contributed by atoms with Crippen LogP contribution in [-0.4, -0.2) is 74.8 Å². The largest absolute Gasteiger partial charge is 0.391 e. The number of rotatable bonds is 7. The Morgan fingerprint density at radius 2 is 2.14 bits per heavy atom. The smallest absolute Gasteiger partial charge is 0.218 e. The van der Waals surface area contributed by atoms with E-state index in [4.69, 9.17) is 4.74 Å². The average Bonchev–Trinajstić information content (AvgIpc) is 3.29. The minimum absolute atomic E-state index is 0.250. The second-order valence-corrected chi connectivity index (χ2v) is 7.51. The van der Waals surface area contributed by atoms with Crippen molar-refractivity contribution in [3.05, 3.63) is 66.4 Å². The van der Waals surface area contributed by atoms with Gasteiger partial charge < -0.3 is 15.2 Å². The van der Waals surface area contributed by atoms with Crippen LogP contribution in [0.4, 0.5) is 0 Å². The number of H-pyrrole nitrogens is 1. The van der Waals surface area contributed by atoms with Crippen LogP contribution in [0.5, 0.6) is 0 Å². The molecule has 1 unspecified atom stereocenters. The molecule has 2 atom stereocenters. The maximum Gasteiger partial charge on any atom is 0.218 e. The first-order valence-corrected chi connectivity index (χ1v) is 10.0. The van der Waals surface area contributed by atoms with Gasteiger partial charge >= 0.3 is 0 Å². The van der Waals surface area contributed by atoms with Crippen molar-refractivity contribution in [2.45, 2.75) is 25.4 Å². The van der Waals surface area contributed by atoms with Gasteiger partial charge in [-0.3, -0.25) is 19.9 Å². The van der Waals surface area contributed by atoms with Crippen LogP contribution >= 0.6 is 0 Å². The number of piperazine rings is 1. The van der Waals surface area contributed by atoms with Crippen LogP contribution in [-0.2, 0) is 11.3 Å². The first kappa shape index (κ1) is 19.8. The fourth-order valence-corrected chi connectivity index (χ4v) is 3.65. The molecule has 0 bridgehead atoms. The van der Waals surface area contributed by atoms with E-state index in [0.717, 1.165) is 49.6 Å². The number of hydrogen-bond donors (Lipinski definition) is 3. The van der Waals surface area contributed by atoms with Gasteiger partial charge in [-0.25, -0.2) is 0 Å². The van der Waals surface area contributed by atoms with Crippen molar-refractivity contribution >= 4 is 5.57 Å². The Kier molecular flexibility index (Phi) is 6.05. The van der Waals surface area contributed by atoms with Crippen molar-refractivity contribution < 1.29 is 9.84 Å². The topological polar surface area (TPSA) is 89.5 Å². The third-order valence-electron chi connectivity index (χ3n) is 5.25. The third-order valence-corrected chi connectivity index (χ3v) is 5.25. The molecule has 4 rings (SSSR count). The summed E-state index contributed by atoms with van der Waals surface area (Å²) in [6.07, 6.45) is 11.0. The van der Waals surface area contributed by atoms with E-state index in [1.165, 1.54) is 0 Å². The van der Waals surface area contributed by atoms with Crippen molar-refractivity contribution in [2.24, 2.45) is 0 Å². The molecule has 0 aromatic carbocycles. The SMILES string of the molecule is CC(O)CO[C@@]1(N2CCN(Cc3ccccn3)CC2)C=CC(c2cn[nH]c2)=CN1. The molecule has 8 heteroatoms. The average molecular weight is 396 g/mol. The molecule has 2 aliphatic rings. The molecule has 2 aromatic rings. The molecule has 4 heterocycles. The van der Waals surface area contributed by atoms with Gasteiger partial charge in [0.25, 0.3) is 0 Å². The van der Waals surface area contributed by atoms with Gasteiger partial charge in [0.15, 0.2) is 0 Å². The van der Waals surface area contributed by atoms with Gasteiger partial charge in [0.1, 0.15) is 0 Å². The number of aliphatic hydroxyl groups excluding tert-OH is 1. The number of dihydropyridines is 1. The molecule has 2 aromatic heterocycles. The number of allylic oxidation sites excluding steroid dienone is 2. The number of nitrogens with zero attached hydrogens (tertiary/aromatic N) is 4. The zero-order valence-corrected chi connectivity index (χ0v) is 16.7. The van der Waals surface area contributed by atoms with Gasteiger partial charge in [0.2, 0.25) is 5.85 Å². The summed E-state index contributed by atoms with van der Waals surface area (Å²) in [6, 6.07) is 6.03. The molecule has 3 N–H and O–H groups in total. The van der Waals surface area contributed by atoms with E-state index in [0.29, 0.717) is 0 Å². The molecular weight excluding hydrogens is 368 g/mol. The van der Waals surface area contributed by atoms with E-state index >= 15 is 0 Å². The summed E-state index contributed by atoms with van der Waals surface area (Å²) in [5.74, 6) is -0.763. The summed E-state index contributed by atoms with van der Waals surface area (Å²) in [6.45, 7) is 6.37. The van der Waals surface area contributed by atoms with Crippen LogP contribution in [0, 0.1) is 0 Å². The van der Waals surface area contributed by atoms with E-state index < -0.39 is 12.0 Å². The lowest BCUT2D eigenvalue weighted by atomic mass is 10.1. The lowest BCUT2D eigenvalue weighted by molar-refractivity contribution is -0.163. The normalized spacial score (nSPS) is 24.1.